The second-order valence-electron chi connectivity index (χ2n) is 7.73. The molecule has 164 valence electrons. The molecule has 0 radical (unpaired) electrons. The van der Waals surface area contributed by atoms with Crippen LogP contribution in [0, 0.1) is 26.6 Å². The van der Waals surface area contributed by atoms with E-state index in [0.29, 0.717) is 22.4 Å². The molecule has 0 spiro atoms. The summed E-state index contributed by atoms with van der Waals surface area (Å²) in [7, 11) is 0. The summed E-state index contributed by atoms with van der Waals surface area (Å²) < 4.78 is 18.0. The Kier molecular flexibility index (Phi) is 5.97. The smallest absolute Gasteiger partial charge is 0.263 e. The second-order valence-corrected chi connectivity index (χ2v) is 8.58. The quantitative estimate of drug-likeness (QED) is 0.420. The van der Waals surface area contributed by atoms with Crippen molar-refractivity contribution in [2.75, 3.05) is 5.32 Å². The molecule has 6 nitrogen and oxygen atoms in total. The van der Waals surface area contributed by atoms with Gasteiger partial charge in [0.2, 0.25) is 5.91 Å². The van der Waals surface area contributed by atoms with Crippen molar-refractivity contribution in [1.82, 2.24) is 14.1 Å². The van der Waals surface area contributed by atoms with Crippen LogP contribution in [0.3, 0.4) is 0 Å². The van der Waals surface area contributed by atoms with E-state index in [1.54, 1.807) is 16.7 Å². The molecular formula is C24H22BrFN4O2. The van der Waals surface area contributed by atoms with E-state index in [1.807, 2.05) is 39.0 Å². The van der Waals surface area contributed by atoms with Crippen molar-refractivity contribution in [3.8, 4) is 5.69 Å². The number of aromatic nitrogens is 3. The van der Waals surface area contributed by atoms with Crippen LogP contribution in [-0.4, -0.2) is 20.0 Å². The Labute approximate surface area is 192 Å². The summed E-state index contributed by atoms with van der Waals surface area (Å²) in [4.78, 5) is 30.0. The van der Waals surface area contributed by atoms with Crippen molar-refractivity contribution in [3.63, 3.8) is 0 Å². The summed E-state index contributed by atoms with van der Waals surface area (Å²) in [5, 5.41) is 3.32. The minimum absolute atomic E-state index is 0.130. The van der Waals surface area contributed by atoms with Crippen molar-refractivity contribution in [1.29, 1.82) is 0 Å². The summed E-state index contributed by atoms with van der Waals surface area (Å²) in [5.74, 6) is -0.550. The van der Waals surface area contributed by atoms with Crippen LogP contribution in [0.1, 0.15) is 23.2 Å². The van der Waals surface area contributed by atoms with Crippen molar-refractivity contribution in [3.05, 3.63) is 86.3 Å². The number of aryl methyl sites for hydroxylation is 3. The molecule has 32 heavy (non-hydrogen) atoms. The van der Waals surface area contributed by atoms with Crippen LogP contribution in [0.15, 0.2) is 58.1 Å². The Morgan fingerprint density at radius 1 is 1.16 bits per heavy atom. The van der Waals surface area contributed by atoms with Gasteiger partial charge in [-0.1, -0.05) is 22.0 Å². The molecule has 0 saturated heterocycles. The first-order valence-electron chi connectivity index (χ1n) is 10.1. The first-order valence-corrected chi connectivity index (χ1v) is 10.9. The number of nitrogens with zero attached hydrogens (tertiary/aromatic N) is 3. The van der Waals surface area contributed by atoms with Crippen LogP contribution in [0.5, 0.6) is 0 Å². The largest absolute Gasteiger partial charge is 0.326 e. The van der Waals surface area contributed by atoms with E-state index in [2.05, 4.69) is 26.2 Å². The highest BCUT2D eigenvalue weighted by atomic mass is 79.9. The Hall–Kier alpha value is -3.26. The SMILES string of the molecule is Cc1cc(NC(=O)CCn2cnc3c(c(C)c(C)n3-c3cccc(F)c3)c2=O)ccc1Br. The van der Waals surface area contributed by atoms with Crippen molar-refractivity contribution < 1.29 is 9.18 Å². The number of hydrogen-bond donors (Lipinski definition) is 1. The van der Waals surface area contributed by atoms with Gasteiger partial charge in [0, 0.05) is 28.8 Å². The average Bonchev–Trinajstić information content (AvgIpc) is 3.01. The molecule has 2 aromatic heterocycles. The fourth-order valence-electron chi connectivity index (χ4n) is 3.74. The summed E-state index contributed by atoms with van der Waals surface area (Å²) in [6, 6.07) is 11.8. The standard InChI is InChI=1S/C24H22BrFN4O2/c1-14-11-18(7-8-20(14)25)28-21(31)9-10-29-13-27-23-22(24(29)32)15(2)16(3)30(23)19-6-4-5-17(26)12-19/h4-8,11-13H,9-10H2,1-3H3,(H,28,31). The van der Waals surface area contributed by atoms with Crippen LogP contribution >= 0.6 is 15.9 Å². The van der Waals surface area contributed by atoms with E-state index in [0.717, 1.165) is 21.3 Å². The lowest BCUT2D eigenvalue weighted by Crippen LogP contribution is -2.24. The van der Waals surface area contributed by atoms with Gasteiger partial charge in [0.25, 0.3) is 5.56 Å². The monoisotopic (exact) mass is 496 g/mol. The van der Waals surface area contributed by atoms with Gasteiger partial charge in [-0.3, -0.25) is 18.7 Å². The summed E-state index contributed by atoms with van der Waals surface area (Å²) in [6.07, 6.45) is 1.57. The number of rotatable bonds is 5. The predicted molar refractivity (Wildman–Crippen MR) is 127 cm³/mol. The van der Waals surface area contributed by atoms with E-state index >= 15 is 0 Å². The van der Waals surface area contributed by atoms with E-state index in [-0.39, 0.29) is 30.2 Å². The molecule has 0 aliphatic rings. The Bertz CT molecular complexity index is 1410. The lowest BCUT2D eigenvalue weighted by atomic mass is 10.2. The van der Waals surface area contributed by atoms with E-state index in [1.165, 1.54) is 23.0 Å². The second kappa shape index (κ2) is 8.70. The zero-order valence-electron chi connectivity index (χ0n) is 17.9. The molecule has 2 aromatic carbocycles. The van der Waals surface area contributed by atoms with Gasteiger partial charge in [-0.2, -0.15) is 0 Å². The number of anilines is 1. The normalized spacial score (nSPS) is 11.2. The number of hydrogen-bond acceptors (Lipinski definition) is 3. The van der Waals surface area contributed by atoms with E-state index in [9.17, 15) is 14.0 Å². The third kappa shape index (κ3) is 4.10. The highest BCUT2D eigenvalue weighted by Crippen LogP contribution is 2.25. The third-order valence-corrected chi connectivity index (χ3v) is 6.46. The van der Waals surface area contributed by atoms with Crippen LogP contribution < -0.4 is 10.9 Å². The first-order chi connectivity index (χ1) is 15.3. The summed E-state index contributed by atoms with van der Waals surface area (Å²) in [5.41, 5.74) is 4.17. The van der Waals surface area contributed by atoms with Gasteiger partial charge in [0.05, 0.1) is 17.4 Å². The fourth-order valence-corrected chi connectivity index (χ4v) is 3.99. The molecule has 4 aromatic rings. The number of nitrogens with one attached hydrogen (secondary N) is 1. The number of halogens is 2. The molecule has 4 rings (SSSR count). The van der Waals surface area contributed by atoms with Crippen molar-refractivity contribution in [2.45, 2.75) is 33.7 Å². The molecule has 0 atom stereocenters. The first kappa shape index (κ1) is 22.0. The third-order valence-electron chi connectivity index (χ3n) is 5.57. The van der Waals surface area contributed by atoms with Gasteiger partial charge >= 0.3 is 0 Å². The van der Waals surface area contributed by atoms with Gasteiger partial charge < -0.3 is 5.32 Å². The van der Waals surface area contributed by atoms with Gasteiger partial charge in [-0.05, 0) is 68.3 Å². The minimum atomic E-state index is -0.360. The topological polar surface area (TPSA) is 68.9 Å². The van der Waals surface area contributed by atoms with Gasteiger partial charge in [-0.15, -0.1) is 0 Å². The maximum Gasteiger partial charge on any atom is 0.263 e. The zero-order valence-corrected chi connectivity index (χ0v) is 19.5. The Balaban J connectivity index is 1.60. The molecule has 0 aliphatic carbocycles. The van der Waals surface area contributed by atoms with Crippen LogP contribution in [-0.2, 0) is 11.3 Å². The van der Waals surface area contributed by atoms with Gasteiger partial charge in [0.1, 0.15) is 5.82 Å². The number of carbonyl (C=O) groups excluding carboxylic acids is 1. The van der Waals surface area contributed by atoms with E-state index in [4.69, 9.17) is 0 Å². The lowest BCUT2D eigenvalue weighted by Gasteiger charge is -2.10. The molecule has 2 heterocycles. The van der Waals surface area contributed by atoms with Crippen LogP contribution in [0.25, 0.3) is 16.7 Å². The van der Waals surface area contributed by atoms with Crippen LogP contribution in [0.4, 0.5) is 10.1 Å². The highest BCUT2D eigenvalue weighted by Gasteiger charge is 2.18. The fraction of sp³-hybridized carbons (Fsp3) is 0.208. The van der Waals surface area contributed by atoms with Crippen molar-refractivity contribution >= 4 is 38.6 Å². The average molecular weight is 497 g/mol. The predicted octanol–water partition coefficient (Wildman–Crippen LogP) is 5.04. The molecule has 0 saturated carbocycles. The minimum Gasteiger partial charge on any atom is -0.326 e. The van der Waals surface area contributed by atoms with Crippen LogP contribution in [0.2, 0.25) is 0 Å². The number of carbonyl (C=O) groups is 1. The molecule has 0 unspecified atom stereocenters. The van der Waals surface area contributed by atoms with Crippen molar-refractivity contribution in [2.24, 2.45) is 0 Å². The Morgan fingerprint density at radius 2 is 1.94 bits per heavy atom. The van der Waals surface area contributed by atoms with Gasteiger partial charge in [-0.25, -0.2) is 9.37 Å². The zero-order chi connectivity index (χ0) is 23.0. The maximum absolute atomic E-state index is 13.8. The molecule has 1 amide bonds. The number of benzene rings is 2. The maximum atomic E-state index is 13.8. The molecule has 0 bridgehead atoms. The van der Waals surface area contributed by atoms with Gasteiger partial charge in [0.15, 0.2) is 5.65 Å². The molecule has 0 aliphatic heterocycles. The van der Waals surface area contributed by atoms with E-state index < -0.39 is 0 Å². The molecular weight excluding hydrogens is 475 g/mol. The number of fused-ring (bicyclic) bond motifs is 1. The highest BCUT2D eigenvalue weighted by molar-refractivity contribution is 9.10. The number of amides is 1. The lowest BCUT2D eigenvalue weighted by molar-refractivity contribution is -0.116. The molecule has 8 heteroatoms. The summed E-state index contributed by atoms with van der Waals surface area (Å²) in [6.45, 7) is 5.87. The molecule has 0 fully saturated rings. The molecule has 1 N–H and O–H groups in total. The summed E-state index contributed by atoms with van der Waals surface area (Å²) >= 11 is 3.44. The Morgan fingerprint density at radius 3 is 2.66 bits per heavy atom.